The van der Waals surface area contributed by atoms with Gasteiger partial charge in [0.2, 0.25) is 0 Å². The van der Waals surface area contributed by atoms with Gasteiger partial charge >= 0.3 is 11.9 Å². The molecule has 334 valence electrons. The number of benzene rings is 6. The Morgan fingerprint density at radius 2 is 0.734 bits per heavy atom. The smallest absolute Gasteiger partial charge is 0.306 e. The van der Waals surface area contributed by atoms with Gasteiger partial charge in [-0.15, -0.1) is 0 Å². The van der Waals surface area contributed by atoms with E-state index in [1.54, 1.807) is 0 Å². The lowest BCUT2D eigenvalue weighted by atomic mass is 10.0. The lowest BCUT2D eigenvalue weighted by molar-refractivity contribution is -0.144. The van der Waals surface area contributed by atoms with Crippen molar-refractivity contribution >= 4 is 46.1 Å². The molecule has 0 aliphatic heterocycles. The lowest BCUT2D eigenvalue weighted by Gasteiger charge is -2.27. The Bertz CT molecular complexity index is 2240. The minimum absolute atomic E-state index is 0.135. The SMILES string of the molecule is Cc1ccc(N(c2ccc(CCC(=O)OCCCC(C)C)cc2)c2ccc(-c3ccc(N(c4ccc(CCC(=O)OCCCC(C)C)cc4)c4ccc(C)c(C)c4)cc3)cc2)cc1C. The summed E-state index contributed by atoms with van der Waals surface area (Å²) < 4.78 is 11.0. The molecule has 6 rings (SSSR count). The number of rotatable bonds is 21. The summed E-state index contributed by atoms with van der Waals surface area (Å²) in [5.41, 5.74) is 15.8. The zero-order valence-electron chi connectivity index (χ0n) is 39.5. The average molecular weight is 857 g/mol. The molecule has 6 aromatic rings. The third kappa shape index (κ3) is 13.4. The first-order chi connectivity index (χ1) is 30.8. The van der Waals surface area contributed by atoms with Crippen LogP contribution in [0.3, 0.4) is 0 Å². The summed E-state index contributed by atoms with van der Waals surface area (Å²) in [6, 6.07) is 47.8. The van der Waals surface area contributed by atoms with Gasteiger partial charge in [-0.25, -0.2) is 0 Å². The van der Waals surface area contributed by atoms with Crippen LogP contribution in [-0.2, 0) is 31.9 Å². The maximum absolute atomic E-state index is 12.4. The molecule has 0 spiro atoms. The van der Waals surface area contributed by atoms with Crippen molar-refractivity contribution in [1.29, 1.82) is 0 Å². The van der Waals surface area contributed by atoms with E-state index in [2.05, 4.69) is 199 Å². The number of esters is 2. The highest BCUT2D eigenvalue weighted by Crippen LogP contribution is 2.39. The standard InChI is InChI=1S/C58H68N2O4/c1-41(2)11-9-37-63-57(61)35-19-47-15-27-51(28-16-47)59(55-25-13-43(5)45(7)39-55)53-31-21-49(22-32-53)50-23-33-54(34-24-50)60(56-26-14-44(6)46(8)40-56)52-29-17-48(18-30-52)20-36-58(62)64-38-10-12-42(3)4/h13-18,21-34,39-42H,9-12,19-20,35-38H2,1-8H3. The van der Waals surface area contributed by atoms with Gasteiger partial charge in [0, 0.05) is 47.0 Å². The van der Waals surface area contributed by atoms with Crippen molar-refractivity contribution < 1.29 is 19.1 Å². The van der Waals surface area contributed by atoms with E-state index in [1.165, 1.54) is 22.3 Å². The van der Waals surface area contributed by atoms with Gasteiger partial charge in [0.15, 0.2) is 0 Å². The molecule has 64 heavy (non-hydrogen) atoms. The Hall–Kier alpha value is -6.14. The highest BCUT2D eigenvalue weighted by atomic mass is 16.5. The van der Waals surface area contributed by atoms with Gasteiger partial charge in [0.05, 0.1) is 13.2 Å². The third-order valence-corrected chi connectivity index (χ3v) is 12.1. The summed E-state index contributed by atoms with van der Waals surface area (Å²) in [6.07, 6.45) is 5.99. The van der Waals surface area contributed by atoms with Gasteiger partial charge in [0.1, 0.15) is 0 Å². The quantitative estimate of drug-likeness (QED) is 0.0531. The number of aryl methyl sites for hydroxylation is 6. The molecule has 0 aromatic heterocycles. The molecule has 6 aromatic carbocycles. The van der Waals surface area contributed by atoms with Crippen molar-refractivity contribution in [2.24, 2.45) is 11.8 Å². The Labute approximate surface area is 383 Å². The number of anilines is 6. The van der Waals surface area contributed by atoms with E-state index in [1.807, 2.05) is 0 Å². The molecule has 0 N–H and O–H groups in total. The molecule has 0 heterocycles. The van der Waals surface area contributed by atoms with Crippen molar-refractivity contribution in [3.05, 3.63) is 167 Å². The minimum Gasteiger partial charge on any atom is -0.466 e. The highest BCUT2D eigenvalue weighted by molar-refractivity contribution is 5.81. The summed E-state index contributed by atoms with van der Waals surface area (Å²) in [5, 5.41) is 0. The van der Waals surface area contributed by atoms with Crippen LogP contribution in [0.15, 0.2) is 133 Å². The first kappa shape index (κ1) is 47.3. The fourth-order valence-electron chi connectivity index (χ4n) is 7.85. The Balaban J connectivity index is 1.18. The molecule has 0 atom stereocenters. The fraction of sp³-hybridized carbons (Fsp3) is 0.345. The molecule has 0 aliphatic rings. The predicted molar refractivity (Wildman–Crippen MR) is 267 cm³/mol. The van der Waals surface area contributed by atoms with Crippen LogP contribution in [0.4, 0.5) is 34.1 Å². The fourth-order valence-corrected chi connectivity index (χ4v) is 7.85. The number of hydrogen-bond donors (Lipinski definition) is 0. The van der Waals surface area contributed by atoms with E-state index in [0.717, 1.165) is 82.1 Å². The molecule has 6 heteroatoms. The van der Waals surface area contributed by atoms with Gasteiger partial charge in [-0.1, -0.05) is 88.4 Å². The monoisotopic (exact) mass is 857 g/mol. The van der Waals surface area contributed by atoms with Crippen LogP contribution < -0.4 is 9.80 Å². The van der Waals surface area contributed by atoms with E-state index >= 15 is 0 Å². The summed E-state index contributed by atoms with van der Waals surface area (Å²) in [4.78, 5) is 29.4. The Morgan fingerprint density at radius 1 is 0.422 bits per heavy atom. The second-order valence-corrected chi connectivity index (χ2v) is 18.1. The second-order valence-electron chi connectivity index (χ2n) is 18.1. The van der Waals surface area contributed by atoms with E-state index in [0.29, 0.717) is 50.7 Å². The van der Waals surface area contributed by atoms with E-state index < -0.39 is 0 Å². The van der Waals surface area contributed by atoms with Crippen LogP contribution in [0.1, 0.15) is 99.6 Å². The lowest BCUT2D eigenvalue weighted by Crippen LogP contribution is -2.11. The molecular formula is C58H68N2O4. The molecule has 0 bridgehead atoms. The van der Waals surface area contributed by atoms with Crippen LogP contribution in [0.25, 0.3) is 11.1 Å². The van der Waals surface area contributed by atoms with Crippen molar-refractivity contribution in [2.45, 2.75) is 107 Å². The summed E-state index contributed by atoms with van der Waals surface area (Å²) in [7, 11) is 0. The molecule has 0 unspecified atom stereocenters. The van der Waals surface area contributed by atoms with Gasteiger partial charge < -0.3 is 19.3 Å². The van der Waals surface area contributed by atoms with Gasteiger partial charge in [-0.2, -0.15) is 0 Å². The topological polar surface area (TPSA) is 59.1 Å². The molecule has 0 saturated heterocycles. The zero-order chi connectivity index (χ0) is 45.6. The van der Waals surface area contributed by atoms with Gasteiger partial charge in [-0.3, -0.25) is 9.59 Å². The van der Waals surface area contributed by atoms with Crippen molar-refractivity contribution in [3.63, 3.8) is 0 Å². The Morgan fingerprint density at radius 3 is 1.05 bits per heavy atom. The maximum Gasteiger partial charge on any atom is 0.306 e. The number of carbonyl (C=O) groups is 2. The first-order valence-corrected chi connectivity index (χ1v) is 23.3. The number of ether oxygens (including phenoxy) is 2. The number of hydrogen-bond acceptors (Lipinski definition) is 6. The summed E-state index contributed by atoms with van der Waals surface area (Å²) in [5.74, 6) is 0.954. The van der Waals surface area contributed by atoms with E-state index in [4.69, 9.17) is 9.47 Å². The maximum atomic E-state index is 12.4. The molecular weight excluding hydrogens is 789 g/mol. The molecule has 6 nitrogen and oxygen atoms in total. The predicted octanol–water partition coefficient (Wildman–Crippen LogP) is 15.4. The molecule has 0 radical (unpaired) electrons. The van der Waals surface area contributed by atoms with Crippen LogP contribution in [0.5, 0.6) is 0 Å². The van der Waals surface area contributed by atoms with Crippen molar-refractivity contribution in [3.8, 4) is 11.1 Å². The van der Waals surface area contributed by atoms with Crippen molar-refractivity contribution in [1.82, 2.24) is 0 Å². The van der Waals surface area contributed by atoms with Crippen LogP contribution in [0, 0.1) is 39.5 Å². The largest absolute Gasteiger partial charge is 0.466 e. The number of carbonyl (C=O) groups excluding carboxylic acids is 2. The number of nitrogens with zero attached hydrogens (tertiary/aromatic N) is 2. The molecule has 0 fully saturated rings. The molecule has 0 aliphatic carbocycles. The zero-order valence-corrected chi connectivity index (χ0v) is 39.5. The Kier molecular flexibility index (Phi) is 17.0. The summed E-state index contributed by atoms with van der Waals surface area (Å²) in [6.45, 7) is 18.3. The van der Waals surface area contributed by atoms with Crippen molar-refractivity contribution in [2.75, 3.05) is 23.0 Å². The van der Waals surface area contributed by atoms with Crippen LogP contribution in [0.2, 0.25) is 0 Å². The third-order valence-electron chi connectivity index (χ3n) is 12.1. The minimum atomic E-state index is -0.135. The summed E-state index contributed by atoms with van der Waals surface area (Å²) >= 11 is 0. The van der Waals surface area contributed by atoms with E-state index in [9.17, 15) is 9.59 Å². The molecule has 0 amide bonds. The second kappa shape index (κ2) is 23.0. The van der Waals surface area contributed by atoms with Gasteiger partial charge in [0.25, 0.3) is 0 Å². The molecule has 0 saturated carbocycles. The highest BCUT2D eigenvalue weighted by Gasteiger charge is 2.17. The normalized spacial score (nSPS) is 11.2. The average Bonchev–Trinajstić information content (AvgIpc) is 3.29. The van der Waals surface area contributed by atoms with E-state index in [-0.39, 0.29) is 11.9 Å². The van der Waals surface area contributed by atoms with Gasteiger partial charge in [-0.05, 0) is 195 Å². The van der Waals surface area contributed by atoms with Crippen LogP contribution >= 0.6 is 0 Å². The first-order valence-electron chi connectivity index (χ1n) is 23.3. The van der Waals surface area contributed by atoms with Crippen LogP contribution in [-0.4, -0.2) is 25.2 Å².